The summed E-state index contributed by atoms with van der Waals surface area (Å²) < 4.78 is 22.0. The average Bonchev–Trinajstić information content (AvgIpc) is 3.08. The van der Waals surface area contributed by atoms with Gasteiger partial charge in [-0.2, -0.15) is 0 Å². The van der Waals surface area contributed by atoms with E-state index in [0.717, 1.165) is 5.56 Å². The summed E-state index contributed by atoms with van der Waals surface area (Å²) in [5.41, 5.74) is 1.79. The number of hydrogen-bond donors (Lipinski definition) is 0. The third-order valence-corrected chi connectivity index (χ3v) is 4.78. The van der Waals surface area contributed by atoms with E-state index in [4.69, 9.17) is 4.74 Å². The molecule has 0 unspecified atom stereocenters. The van der Waals surface area contributed by atoms with Gasteiger partial charge in [0, 0.05) is 12.5 Å². The molecule has 0 aliphatic rings. The highest BCUT2D eigenvalue weighted by Gasteiger charge is 2.20. The lowest BCUT2D eigenvalue weighted by atomic mass is 9.97. The van der Waals surface area contributed by atoms with E-state index in [2.05, 4.69) is 11.7 Å². The highest BCUT2D eigenvalue weighted by Crippen LogP contribution is 2.26. The number of halogens is 1. The largest absolute Gasteiger partial charge is 0.711 e. The molecule has 0 amide bonds. The number of benzene rings is 2. The second kappa shape index (κ2) is 8.68. The van der Waals surface area contributed by atoms with Crippen LogP contribution >= 0.6 is 0 Å². The molecule has 0 aliphatic carbocycles. The summed E-state index contributed by atoms with van der Waals surface area (Å²) in [4.78, 5) is 16.4. The molecule has 1 aromatic heterocycles. The van der Waals surface area contributed by atoms with Crippen molar-refractivity contribution < 1.29 is 18.7 Å². The van der Waals surface area contributed by atoms with Crippen molar-refractivity contribution >= 4 is 18.5 Å². The van der Waals surface area contributed by atoms with E-state index in [-0.39, 0.29) is 19.0 Å². The van der Waals surface area contributed by atoms with Crippen molar-refractivity contribution in [3.05, 3.63) is 77.1 Å². The molecular formula is C22H22FN3O3. The Kier molecular flexibility index (Phi) is 6.07. The molecule has 1 atom stereocenters. The molecule has 0 spiro atoms. The summed E-state index contributed by atoms with van der Waals surface area (Å²) in [6, 6.07) is 14.0. The second-order valence-electron chi connectivity index (χ2n) is 6.69. The zero-order chi connectivity index (χ0) is 21.0. The molecule has 2 aromatic carbocycles. The molecule has 29 heavy (non-hydrogen) atoms. The molecule has 0 bridgehead atoms. The molecule has 0 fully saturated rings. The van der Waals surface area contributed by atoms with Crippen molar-refractivity contribution in [2.75, 3.05) is 6.61 Å². The van der Waals surface area contributed by atoms with E-state index < -0.39 is 17.7 Å². The number of hydrogen-bond acceptors (Lipinski definition) is 4. The maximum atomic E-state index is 14.6. The topological polar surface area (TPSA) is 70.2 Å². The Balaban J connectivity index is 1.64. The van der Waals surface area contributed by atoms with Gasteiger partial charge < -0.3 is 9.94 Å². The SMILES string of the molecule is C=[N+]([O-])c1cnc(C)n1CCOC(=O)[C@@H](C)c1ccc(-c2ccccc2)c(F)c1. The van der Waals surface area contributed by atoms with Crippen molar-refractivity contribution in [3.63, 3.8) is 0 Å². The van der Waals surface area contributed by atoms with Gasteiger partial charge in [0.2, 0.25) is 0 Å². The second-order valence-corrected chi connectivity index (χ2v) is 6.69. The molecule has 150 valence electrons. The molecule has 3 rings (SSSR count). The summed E-state index contributed by atoms with van der Waals surface area (Å²) in [5, 5.41) is 11.4. The summed E-state index contributed by atoms with van der Waals surface area (Å²) in [6.07, 6.45) is 1.41. The lowest BCUT2D eigenvalue weighted by Crippen LogP contribution is -2.18. The molecule has 3 aromatic rings. The first-order chi connectivity index (χ1) is 13.9. The molecular weight excluding hydrogens is 373 g/mol. The molecule has 0 saturated carbocycles. The standard InChI is InChI=1S/C22H22FN3O3/c1-15(18-9-10-19(20(23)13-18)17-7-5-4-6-8-17)22(27)29-12-11-26-16(2)24-14-21(26)25(3)28/h4-10,13-15H,3,11-12H2,1-2H3/t15-/m0/s1. The number of esters is 1. The van der Waals surface area contributed by atoms with Crippen LogP contribution in [0, 0.1) is 17.9 Å². The van der Waals surface area contributed by atoms with Gasteiger partial charge in [0.25, 0.3) is 0 Å². The molecule has 0 aliphatic heterocycles. The zero-order valence-electron chi connectivity index (χ0n) is 16.3. The van der Waals surface area contributed by atoms with Crippen LogP contribution in [-0.4, -0.2) is 33.6 Å². The van der Waals surface area contributed by atoms with Crippen LogP contribution in [0.15, 0.2) is 54.7 Å². The number of rotatable bonds is 7. The monoisotopic (exact) mass is 395 g/mol. The van der Waals surface area contributed by atoms with Gasteiger partial charge in [0.1, 0.15) is 25.2 Å². The molecule has 7 heteroatoms. The van der Waals surface area contributed by atoms with Gasteiger partial charge in [-0.15, -0.1) is 0 Å². The van der Waals surface area contributed by atoms with Gasteiger partial charge >= 0.3 is 11.8 Å². The summed E-state index contributed by atoms with van der Waals surface area (Å²) in [7, 11) is 0. The number of carbonyl (C=O) groups is 1. The average molecular weight is 395 g/mol. The van der Waals surface area contributed by atoms with E-state index in [1.54, 1.807) is 30.5 Å². The quantitative estimate of drug-likeness (QED) is 0.198. The Morgan fingerprint density at radius 3 is 2.69 bits per heavy atom. The minimum atomic E-state index is -0.624. The van der Waals surface area contributed by atoms with E-state index >= 15 is 0 Å². The molecule has 6 nitrogen and oxygen atoms in total. The van der Waals surface area contributed by atoms with Gasteiger partial charge in [-0.05, 0) is 24.1 Å². The summed E-state index contributed by atoms with van der Waals surface area (Å²) in [6.45, 7) is 7.05. The Morgan fingerprint density at radius 2 is 2.03 bits per heavy atom. The first-order valence-electron chi connectivity index (χ1n) is 9.20. The van der Waals surface area contributed by atoms with Gasteiger partial charge in [-0.25, -0.2) is 18.7 Å². The number of carbonyl (C=O) groups excluding carboxylic acids is 1. The smallest absolute Gasteiger partial charge is 0.313 e. The Hall–Kier alpha value is -3.48. The van der Waals surface area contributed by atoms with Crippen LogP contribution in [0.4, 0.5) is 10.2 Å². The maximum Gasteiger partial charge on any atom is 0.313 e. The Labute approximate surface area is 168 Å². The highest BCUT2D eigenvalue weighted by atomic mass is 19.1. The van der Waals surface area contributed by atoms with Gasteiger partial charge in [-0.3, -0.25) is 4.79 Å². The first kappa shape index (κ1) is 20.3. The van der Waals surface area contributed by atoms with Gasteiger partial charge in [-0.1, -0.05) is 42.5 Å². The van der Waals surface area contributed by atoms with Gasteiger partial charge in [0.15, 0.2) is 5.82 Å². The number of aryl methyl sites for hydroxylation is 1. The van der Waals surface area contributed by atoms with Crippen LogP contribution in [-0.2, 0) is 16.1 Å². The molecule has 0 saturated heterocycles. The molecule has 1 heterocycles. The Morgan fingerprint density at radius 1 is 1.31 bits per heavy atom. The minimum Gasteiger partial charge on any atom is -0.711 e. The van der Waals surface area contributed by atoms with Crippen LogP contribution in [0.25, 0.3) is 11.1 Å². The molecule has 0 radical (unpaired) electrons. The number of aromatic nitrogens is 2. The third-order valence-electron chi connectivity index (χ3n) is 4.78. The predicted molar refractivity (Wildman–Crippen MR) is 109 cm³/mol. The van der Waals surface area contributed by atoms with Crippen molar-refractivity contribution in [3.8, 4) is 11.1 Å². The van der Waals surface area contributed by atoms with Crippen LogP contribution < -0.4 is 0 Å². The Bertz CT molecular complexity index is 1030. The summed E-state index contributed by atoms with van der Waals surface area (Å²) >= 11 is 0. The first-order valence-corrected chi connectivity index (χ1v) is 9.20. The van der Waals surface area contributed by atoms with E-state index in [1.165, 1.54) is 12.3 Å². The van der Waals surface area contributed by atoms with Gasteiger partial charge in [0.05, 0.1) is 12.6 Å². The fraction of sp³-hybridized carbons (Fsp3) is 0.227. The van der Waals surface area contributed by atoms with Crippen LogP contribution in [0.5, 0.6) is 0 Å². The van der Waals surface area contributed by atoms with Crippen molar-refractivity contribution in [1.82, 2.24) is 9.55 Å². The van der Waals surface area contributed by atoms with Crippen LogP contribution in [0.3, 0.4) is 0 Å². The lowest BCUT2D eigenvalue weighted by Gasteiger charge is -2.13. The van der Waals surface area contributed by atoms with Crippen molar-refractivity contribution in [1.29, 1.82) is 0 Å². The van der Waals surface area contributed by atoms with E-state index in [9.17, 15) is 14.4 Å². The molecule has 0 N–H and O–H groups in total. The number of imidazole rings is 1. The van der Waals surface area contributed by atoms with E-state index in [1.807, 2.05) is 30.3 Å². The number of nitrogens with zero attached hydrogens (tertiary/aromatic N) is 3. The lowest BCUT2D eigenvalue weighted by molar-refractivity contribution is -0.357. The van der Waals surface area contributed by atoms with E-state index in [0.29, 0.717) is 21.7 Å². The maximum absolute atomic E-state index is 14.6. The normalized spacial score (nSPS) is 11.8. The highest BCUT2D eigenvalue weighted by molar-refractivity contribution is 5.78. The van der Waals surface area contributed by atoms with Crippen molar-refractivity contribution in [2.24, 2.45) is 0 Å². The fourth-order valence-corrected chi connectivity index (χ4v) is 3.08. The van der Waals surface area contributed by atoms with Crippen LogP contribution in [0.2, 0.25) is 0 Å². The third kappa shape index (κ3) is 4.51. The summed E-state index contributed by atoms with van der Waals surface area (Å²) in [5.74, 6) is -0.582. The predicted octanol–water partition coefficient (Wildman–Crippen LogP) is 4.19. The fourth-order valence-electron chi connectivity index (χ4n) is 3.08. The zero-order valence-corrected chi connectivity index (χ0v) is 16.3. The van der Waals surface area contributed by atoms with Crippen molar-refractivity contribution in [2.45, 2.75) is 26.3 Å². The van der Waals surface area contributed by atoms with Crippen LogP contribution in [0.1, 0.15) is 24.2 Å². The minimum absolute atomic E-state index is 0.0613. The number of ether oxygens (including phenoxy) is 1.